The number of nitrogen functional groups attached to an aromatic ring is 1. The first-order chi connectivity index (χ1) is 16.3. The summed E-state index contributed by atoms with van der Waals surface area (Å²) in [4.78, 5) is 25.0. The van der Waals surface area contributed by atoms with Gasteiger partial charge in [0.25, 0.3) is 0 Å². The van der Waals surface area contributed by atoms with Crippen LogP contribution >= 0.6 is 0 Å². The number of halogens is 1. The smallest absolute Gasteiger partial charge is 0.308 e. The fourth-order valence-electron chi connectivity index (χ4n) is 3.60. The number of hydrogen-bond donors (Lipinski definition) is 3. The first kappa shape index (κ1) is 27.0. The van der Waals surface area contributed by atoms with Gasteiger partial charge in [0.1, 0.15) is 12.9 Å². The first-order valence-corrected chi connectivity index (χ1v) is 11.4. The number of anilines is 2. The molecule has 0 saturated carbocycles. The number of nitrogens with two attached hydrogens (primary N) is 1. The predicted molar refractivity (Wildman–Crippen MR) is 125 cm³/mol. The van der Waals surface area contributed by atoms with Crippen LogP contribution < -0.4 is 11.1 Å². The molecule has 0 spiro atoms. The average Bonchev–Trinajstić information content (AvgIpc) is 3.28. The van der Waals surface area contributed by atoms with Crippen molar-refractivity contribution in [1.82, 2.24) is 19.5 Å². The Balaban J connectivity index is 1.87. The molecular weight excluding hydrogens is 463 g/mol. The largest absolute Gasteiger partial charge is 0.456 e. The van der Waals surface area contributed by atoms with E-state index in [9.17, 15) is 9.90 Å². The van der Waals surface area contributed by atoms with Crippen LogP contribution in [0.5, 0.6) is 0 Å². The predicted octanol–water partition coefficient (Wildman–Crippen LogP) is 2.00. The molecule has 0 aromatic carbocycles. The molecule has 196 valence electrons. The maximum atomic E-state index is 16.3. The van der Waals surface area contributed by atoms with Gasteiger partial charge in [0.15, 0.2) is 41.3 Å². The zero-order valence-electron chi connectivity index (χ0n) is 21.1. The Hall–Kier alpha value is -2.61. The molecule has 1 saturated heterocycles. The minimum atomic E-state index is -2.18. The van der Waals surface area contributed by atoms with Gasteiger partial charge >= 0.3 is 5.97 Å². The minimum Gasteiger partial charge on any atom is -0.456 e. The third-order valence-electron chi connectivity index (χ3n) is 5.66. The van der Waals surface area contributed by atoms with Gasteiger partial charge in [-0.1, -0.05) is 34.6 Å². The van der Waals surface area contributed by atoms with E-state index in [0.717, 1.165) is 0 Å². The summed E-state index contributed by atoms with van der Waals surface area (Å²) in [5, 5.41) is 12.9. The highest BCUT2D eigenvalue weighted by Gasteiger charge is 2.58. The van der Waals surface area contributed by atoms with Gasteiger partial charge in [0.2, 0.25) is 5.95 Å². The lowest BCUT2D eigenvalue weighted by Gasteiger charge is -2.28. The van der Waals surface area contributed by atoms with E-state index < -0.39 is 47.7 Å². The Bertz CT molecular complexity index is 1040. The van der Waals surface area contributed by atoms with Crippen molar-refractivity contribution in [2.24, 2.45) is 11.3 Å². The Morgan fingerprint density at radius 2 is 2.09 bits per heavy atom. The Morgan fingerprint density at radius 1 is 1.40 bits per heavy atom. The Morgan fingerprint density at radius 3 is 2.69 bits per heavy atom. The molecule has 35 heavy (non-hydrogen) atoms. The maximum Gasteiger partial charge on any atom is 0.308 e. The van der Waals surface area contributed by atoms with E-state index in [1.165, 1.54) is 17.8 Å². The van der Waals surface area contributed by atoms with Crippen molar-refractivity contribution >= 4 is 28.9 Å². The van der Waals surface area contributed by atoms with Gasteiger partial charge < -0.3 is 35.1 Å². The zero-order valence-corrected chi connectivity index (χ0v) is 21.1. The Labute approximate surface area is 203 Å². The summed E-state index contributed by atoms with van der Waals surface area (Å²) >= 11 is 0. The number of nitrogens with one attached hydrogen (secondary N) is 1. The lowest BCUT2D eigenvalue weighted by atomic mass is 9.96. The van der Waals surface area contributed by atoms with E-state index >= 15 is 4.39 Å². The van der Waals surface area contributed by atoms with E-state index in [2.05, 4.69) is 20.3 Å². The van der Waals surface area contributed by atoms with Crippen LogP contribution in [0.4, 0.5) is 16.2 Å². The molecule has 1 aliphatic heterocycles. The fourth-order valence-corrected chi connectivity index (χ4v) is 3.60. The number of ether oxygens (including phenoxy) is 4. The molecule has 13 heteroatoms. The summed E-state index contributed by atoms with van der Waals surface area (Å²) < 4.78 is 40.1. The summed E-state index contributed by atoms with van der Waals surface area (Å²) in [6.45, 7) is 9.60. The number of aliphatic hydroxyl groups is 1. The molecule has 0 amide bonds. The molecule has 3 heterocycles. The number of aromatic nitrogens is 4. The molecule has 5 atom stereocenters. The van der Waals surface area contributed by atoms with E-state index in [4.69, 9.17) is 24.7 Å². The van der Waals surface area contributed by atoms with Crippen LogP contribution in [0.25, 0.3) is 11.2 Å². The van der Waals surface area contributed by atoms with Gasteiger partial charge in [-0.15, -0.1) is 0 Å². The summed E-state index contributed by atoms with van der Waals surface area (Å²) in [5.41, 5.74) is 3.76. The highest BCUT2D eigenvalue weighted by atomic mass is 19.1. The van der Waals surface area contributed by atoms with Crippen LogP contribution in [-0.4, -0.2) is 75.2 Å². The van der Waals surface area contributed by atoms with Crippen LogP contribution in [0.3, 0.4) is 0 Å². The van der Waals surface area contributed by atoms with Crippen LogP contribution in [0, 0.1) is 11.3 Å². The lowest BCUT2D eigenvalue weighted by Crippen LogP contribution is -2.45. The number of carbonyl (C=O) groups excluding carboxylic acids is 1. The van der Waals surface area contributed by atoms with Gasteiger partial charge in [-0.25, -0.2) is 9.37 Å². The molecule has 3 rings (SSSR count). The van der Waals surface area contributed by atoms with E-state index in [0.29, 0.717) is 11.3 Å². The van der Waals surface area contributed by atoms with Crippen LogP contribution in [-0.2, 0) is 23.7 Å². The fraction of sp³-hybridized carbons (Fsp3) is 0.727. The number of carbonyl (C=O) groups is 1. The highest BCUT2D eigenvalue weighted by molar-refractivity contribution is 5.84. The lowest BCUT2D eigenvalue weighted by molar-refractivity contribution is -0.217. The summed E-state index contributed by atoms with van der Waals surface area (Å²) in [6, 6.07) is 0. The third kappa shape index (κ3) is 5.63. The van der Waals surface area contributed by atoms with Gasteiger partial charge in [-0.05, 0) is 6.92 Å². The molecule has 4 N–H and O–H groups in total. The molecule has 1 fully saturated rings. The van der Waals surface area contributed by atoms with Crippen molar-refractivity contribution in [3.05, 3.63) is 6.33 Å². The number of rotatable bonds is 9. The van der Waals surface area contributed by atoms with Crippen molar-refractivity contribution in [3.63, 3.8) is 0 Å². The van der Waals surface area contributed by atoms with Crippen molar-refractivity contribution in [3.8, 4) is 0 Å². The Kier molecular flexibility index (Phi) is 7.84. The molecule has 0 radical (unpaired) electrons. The van der Waals surface area contributed by atoms with Gasteiger partial charge in [-0.3, -0.25) is 9.36 Å². The van der Waals surface area contributed by atoms with Crippen molar-refractivity contribution in [1.29, 1.82) is 0 Å². The number of nitrogens with zero attached hydrogens (tertiary/aromatic N) is 4. The molecule has 1 aliphatic rings. The highest BCUT2D eigenvalue weighted by Crippen LogP contribution is 2.44. The van der Waals surface area contributed by atoms with Crippen molar-refractivity contribution in [2.75, 3.05) is 31.5 Å². The van der Waals surface area contributed by atoms with Crippen molar-refractivity contribution < 1.29 is 33.2 Å². The molecule has 1 unspecified atom stereocenters. The number of hydrogen-bond acceptors (Lipinski definition) is 11. The summed E-state index contributed by atoms with van der Waals surface area (Å²) in [5.74, 6) is -0.704. The summed E-state index contributed by atoms with van der Waals surface area (Å²) in [6.07, 6.45) is -3.23. The number of esters is 1. The van der Waals surface area contributed by atoms with Gasteiger partial charge in [0.05, 0.1) is 18.9 Å². The molecule has 0 aliphatic carbocycles. The normalized spacial score (nSPS) is 25.8. The molecule has 2 aromatic heterocycles. The van der Waals surface area contributed by atoms with Crippen LogP contribution in [0.15, 0.2) is 6.33 Å². The number of fused-ring (bicyclic) bond motifs is 1. The molecule has 2 aromatic rings. The second kappa shape index (κ2) is 10.2. The molecule has 12 nitrogen and oxygen atoms in total. The number of imidazole rings is 1. The minimum absolute atomic E-state index is 0.0284. The van der Waals surface area contributed by atoms with Crippen LogP contribution in [0.1, 0.15) is 47.8 Å². The van der Waals surface area contributed by atoms with E-state index in [-0.39, 0.29) is 25.0 Å². The summed E-state index contributed by atoms with van der Waals surface area (Å²) in [7, 11) is 1.65. The van der Waals surface area contributed by atoms with E-state index in [1.54, 1.807) is 20.9 Å². The zero-order chi connectivity index (χ0) is 26.1. The van der Waals surface area contributed by atoms with Gasteiger partial charge in [-0.2, -0.15) is 9.97 Å². The van der Waals surface area contributed by atoms with Gasteiger partial charge in [0, 0.05) is 12.5 Å². The van der Waals surface area contributed by atoms with Crippen molar-refractivity contribution in [2.45, 2.75) is 71.9 Å². The second-order valence-electron chi connectivity index (χ2n) is 10.1. The monoisotopic (exact) mass is 498 g/mol. The first-order valence-electron chi connectivity index (χ1n) is 11.4. The SMILES string of the molecule is CNc1nc(N)nc2c1ncn2[C@@H]1O[C@H](COCOC(O)C(C)(C)C)[C@@H](OC(=O)C(C)C)[C@@]1(C)F. The average molecular weight is 499 g/mol. The second-order valence-corrected chi connectivity index (χ2v) is 10.1. The maximum absolute atomic E-state index is 16.3. The standard InChI is InChI=1S/C22H35FN6O6/c1-11(2)17(30)35-14-12(8-32-10-33-19(31)21(3,4)5)34-18(22(14,6)23)29-9-26-13-15(25-7)27-20(24)28-16(13)29/h9,11-12,14,18-19,31H,8,10H2,1-7H3,(H3,24,25,27,28)/t12-,14-,18-,19?,22-/m1/s1. The number of aliphatic hydroxyl groups excluding tert-OH is 1. The third-order valence-corrected chi connectivity index (χ3v) is 5.66. The molecule has 0 bridgehead atoms. The van der Waals surface area contributed by atoms with E-state index in [1.807, 2.05) is 20.8 Å². The van der Waals surface area contributed by atoms with Crippen LogP contribution in [0.2, 0.25) is 0 Å². The quantitative estimate of drug-likeness (QED) is 0.264. The number of alkyl halides is 1. The molecular formula is C22H35FN6O6. The topological polar surface area (TPSA) is 156 Å².